The molecule has 0 spiro atoms. The Balaban J connectivity index is 1.91. The van der Waals surface area contributed by atoms with E-state index < -0.39 is 0 Å². The number of carbonyl (C=O) groups is 1. The number of carbonyl (C=O) groups excluding carboxylic acids is 1. The zero-order valence-electron chi connectivity index (χ0n) is 7.45. The fourth-order valence-corrected chi connectivity index (χ4v) is 1.73. The van der Waals surface area contributed by atoms with Gasteiger partial charge < -0.3 is 9.73 Å². The fourth-order valence-electron chi connectivity index (χ4n) is 1.73. The van der Waals surface area contributed by atoms with E-state index in [0.29, 0.717) is 11.6 Å². The van der Waals surface area contributed by atoms with E-state index in [9.17, 15) is 4.79 Å². The molecule has 2 rings (SSSR count). The quantitative estimate of drug-likeness (QED) is 0.754. The van der Waals surface area contributed by atoms with E-state index in [1.165, 1.54) is 25.4 Å². The molecule has 3 heteroatoms. The summed E-state index contributed by atoms with van der Waals surface area (Å²) in [5.41, 5.74) is 0.618. The third kappa shape index (κ3) is 1.91. The van der Waals surface area contributed by atoms with E-state index in [1.54, 1.807) is 6.07 Å². The molecule has 1 aliphatic rings. The Morgan fingerprint density at radius 2 is 2.23 bits per heavy atom. The first kappa shape index (κ1) is 8.35. The number of nitrogens with one attached hydrogen (secondary N) is 1. The van der Waals surface area contributed by atoms with Gasteiger partial charge in [-0.25, -0.2) is 0 Å². The van der Waals surface area contributed by atoms with Gasteiger partial charge in [0.15, 0.2) is 0 Å². The molecule has 0 bridgehead atoms. The molecule has 0 radical (unpaired) electrons. The monoisotopic (exact) mass is 179 g/mol. The molecule has 1 saturated carbocycles. The maximum Gasteiger partial charge on any atom is 0.254 e. The van der Waals surface area contributed by atoms with Crippen LogP contribution >= 0.6 is 0 Å². The zero-order chi connectivity index (χ0) is 9.10. The van der Waals surface area contributed by atoms with Crippen LogP contribution in [0, 0.1) is 0 Å². The van der Waals surface area contributed by atoms with Crippen molar-refractivity contribution < 1.29 is 9.21 Å². The van der Waals surface area contributed by atoms with E-state index in [2.05, 4.69) is 5.32 Å². The summed E-state index contributed by atoms with van der Waals surface area (Å²) >= 11 is 0. The normalized spacial score (nSPS) is 17.5. The van der Waals surface area contributed by atoms with Gasteiger partial charge in [-0.2, -0.15) is 0 Å². The molecule has 1 aliphatic carbocycles. The van der Waals surface area contributed by atoms with Crippen molar-refractivity contribution in [2.45, 2.75) is 31.7 Å². The first-order valence-corrected chi connectivity index (χ1v) is 4.69. The highest BCUT2D eigenvalue weighted by Gasteiger charge is 2.17. The lowest BCUT2D eigenvalue weighted by Crippen LogP contribution is -2.32. The Bertz CT molecular complexity index is 273. The minimum atomic E-state index is -0.0133. The van der Waals surface area contributed by atoms with Crippen molar-refractivity contribution in [3.05, 3.63) is 24.2 Å². The molecule has 0 aromatic carbocycles. The van der Waals surface area contributed by atoms with Gasteiger partial charge in [-0.1, -0.05) is 12.8 Å². The summed E-state index contributed by atoms with van der Waals surface area (Å²) in [5.74, 6) is -0.0133. The van der Waals surface area contributed by atoms with Gasteiger partial charge in [0, 0.05) is 6.04 Å². The van der Waals surface area contributed by atoms with Crippen LogP contribution in [-0.4, -0.2) is 11.9 Å². The molecule has 1 fully saturated rings. The molecule has 1 amide bonds. The van der Waals surface area contributed by atoms with Crippen LogP contribution < -0.4 is 5.32 Å². The fraction of sp³-hybridized carbons (Fsp3) is 0.500. The predicted molar refractivity (Wildman–Crippen MR) is 48.4 cm³/mol. The van der Waals surface area contributed by atoms with Gasteiger partial charge >= 0.3 is 0 Å². The van der Waals surface area contributed by atoms with Crippen molar-refractivity contribution in [3.63, 3.8) is 0 Å². The Kier molecular flexibility index (Phi) is 2.34. The highest BCUT2D eigenvalue weighted by Crippen LogP contribution is 2.18. The standard InChI is InChI=1S/C10H13NO2/c12-10(8-5-6-13-7-8)11-9-3-1-2-4-9/h5-7,9H,1-4H2,(H,11,12). The van der Waals surface area contributed by atoms with Crippen LogP contribution in [0.2, 0.25) is 0 Å². The van der Waals surface area contributed by atoms with Gasteiger partial charge in [0.25, 0.3) is 5.91 Å². The Morgan fingerprint density at radius 3 is 2.85 bits per heavy atom. The van der Waals surface area contributed by atoms with Crippen molar-refractivity contribution >= 4 is 5.91 Å². The smallest absolute Gasteiger partial charge is 0.254 e. The molecule has 1 N–H and O–H groups in total. The molecule has 1 aromatic rings. The molecular formula is C10H13NO2. The van der Waals surface area contributed by atoms with Crippen molar-refractivity contribution in [1.82, 2.24) is 5.32 Å². The summed E-state index contributed by atoms with van der Waals surface area (Å²) in [7, 11) is 0. The number of hydrogen-bond donors (Lipinski definition) is 1. The average Bonchev–Trinajstić information content (AvgIpc) is 2.74. The van der Waals surface area contributed by atoms with E-state index in [4.69, 9.17) is 4.42 Å². The Labute approximate surface area is 77.1 Å². The highest BCUT2D eigenvalue weighted by atomic mass is 16.3. The molecule has 1 heterocycles. The van der Waals surface area contributed by atoms with Gasteiger partial charge in [0.05, 0.1) is 11.8 Å². The topological polar surface area (TPSA) is 42.2 Å². The minimum absolute atomic E-state index is 0.0133. The second-order valence-corrected chi connectivity index (χ2v) is 3.47. The molecule has 0 aliphatic heterocycles. The molecule has 0 unspecified atom stereocenters. The number of rotatable bonds is 2. The molecule has 13 heavy (non-hydrogen) atoms. The molecule has 0 atom stereocenters. The molecule has 70 valence electrons. The first-order chi connectivity index (χ1) is 6.36. The highest BCUT2D eigenvalue weighted by molar-refractivity contribution is 5.93. The maximum absolute atomic E-state index is 11.5. The number of amides is 1. The first-order valence-electron chi connectivity index (χ1n) is 4.69. The van der Waals surface area contributed by atoms with E-state index in [-0.39, 0.29) is 5.91 Å². The van der Waals surface area contributed by atoms with Gasteiger partial charge in [0.2, 0.25) is 0 Å². The molecule has 3 nitrogen and oxygen atoms in total. The predicted octanol–water partition coefficient (Wildman–Crippen LogP) is 1.95. The average molecular weight is 179 g/mol. The lowest BCUT2D eigenvalue weighted by molar-refractivity contribution is 0.0937. The Hall–Kier alpha value is -1.25. The minimum Gasteiger partial charge on any atom is -0.472 e. The van der Waals surface area contributed by atoms with Crippen LogP contribution in [0.5, 0.6) is 0 Å². The largest absolute Gasteiger partial charge is 0.472 e. The summed E-state index contributed by atoms with van der Waals surface area (Å²) in [5, 5.41) is 2.98. The number of hydrogen-bond acceptors (Lipinski definition) is 2. The van der Waals surface area contributed by atoms with E-state index >= 15 is 0 Å². The third-order valence-corrected chi connectivity index (χ3v) is 2.47. The zero-order valence-corrected chi connectivity index (χ0v) is 7.45. The third-order valence-electron chi connectivity index (χ3n) is 2.47. The van der Waals surface area contributed by atoms with E-state index in [0.717, 1.165) is 12.8 Å². The van der Waals surface area contributed by atoms with Crippen molar-refractivity contribution in [3.8, 4) is 0 Å². The van der Waals surface area contributed by atoms with Crippen LogP contribution in [0.15, 0.2) is 23.0 Å². The second kappa shape index (κ2) is 3.64. The lowest BCUT2D eigenvalue weighted by Gasteiger charge is -2.09. The van der Waals surface area contributed by atoms with Crippen LogP contribution in [0.1, 0.15) is 36.0 Å². The van der Waals surface area contributed by atoms with Gasteiger partial charge in [-0.15, -0.1) is 0 Å². The summed E-state index contributed by atoms with van der Waals surface area (Å²) in [4.78, 5) is 11.5. The van der Waals surface area contributed by atoms with Crippen molar-refractivity contribution in [2.75, 3.05) is 0 Å². The van der Waals surface area contributed by atoms with Crippen LogP contribution in [0.4, 0.5) is 0 Å². The summed E-state index contributed by atoms with van der Waals surface area (Å²) in [6.45, 7) is 0. The van der Waals surface area contributed by atoms with Crippen molar-refractivity contribution in [2.24, 2.45) is 0 Å². The summed E-state index contributed by atoms with van der Waals surface area (Å²) in [6, 6.07) is 2.06. The van der Waals surface area contributed by atoms with E-state index in [1.807, 2.05) is 0 Å². The van der Waals surface area contributed by atoms with Gasteiger partial charge in [-0.05, 0) is 18.9 Å². The maximum atomic E-state index is 11.5. The van der Waals surface area contributed by atoms with Crippen LogP contribution in [0.25, 0.3) is 0 Å². The SMILES string of the molecule is O=C(NC1CCCC1)c1ccoc1. The summed E-state index contributed by atoms with van der Waals surface area (Å²) < 4.78 is 4.84. The Morgan fingerprint density at radius 1 is 1.46 bits per heavy atom. The second-order valence-electron chi connectivity index (χ2n) is 3.47. The molecule has 0 saturated heterocycles. The van der Waals surface area contributed by atoms with Crippen LogP contribution in [0.3, 0.4) is 0 Å². The molecule has 1 aromatic heterocycles. The lowest BCUT2D eigenvalue weighted by atomic mass is 10.2. The van der Waals surface area contributed by atoms with Crippen LogP contribution in [-0.2, 0) is 0 Å². The van der Waals surface area contributed by atoms with Crippen molar-refractivity contribution in [1.29, 1.82) is 0 Å². The summed E-state index contributed by atoms with van der Waals surface area (Å²) in [6.07, 6.45) is 7.69. The van der Waals surface area contributed by atoms with Gasteiger partial charge in [0.1, 0.15) is 6.26 Å². The van der Waals surface area contributed by atoms with Gasteiger partial charge in [-0.3, -0.25) is 4.79 Å². The number of furan rings is 1. The molecular weight excluding hydrogens is 166 g/mol.